The van der Waals surface area contributed by atoms with E-state index in [9.17, 15) is 4.79 Å². The van der Waals surface area contributed by atoms with Gasteiger partial charge in [-0.2, -0.15) is 0 Å². The van der Waals surface area contributed by atoms with Crippen molar-refractivity contribution in [1.82, 2.24) is 15.5 Å². The summed E-state index contributed by atoms with van der Waals surface area (Å²) in [4.78, 5) is 14.1. The van der Waals surface area contributed by atoms with Gasteiger partial charge in [0, 0.05) is 13.1 Å². The number of likely N-dealkylation sites (N-methyl/N-ethyl adjacent to an activating group) is 1. The average Bonchev–Trinajstić information content (AvgIpc) is 2.67. The van der Waals surface area contributed by atoms with Gasteiger partial charge < -0.3 is 10.6 Å². The van der Waals surface area contributed by atoms with Crippen LogP contribution in [-0.2, 0) is 4.79 Å². The van der Waals surface area contributed by atoms with Crippen LogP contribution in [0, 0.1) is 0 Å². The lowest BCUT2D eigenvalue weighted by Gasteiger charge is -2.22. The molecule has 0 aromatic carbocycles. The predicted octanol–water partition coefficient (Wildman–Crippen LogP) is 1.04. The van der Waals surface area contributed by atoms with Crippen molar-refractivity contribution in [2.75, 3.05) is 33.2 Å². The van der Waals surface area contributed by atoms with E-state index in [1.54, 1.807) is 0 Å². The van der Waals surface area contributed by atoms with Gasteiger partial charge in [0.1, 0.15) is 0 Å². The quantitative estimate of drug-likeness (QED) is 0.717. The molecule has 1 fully saturated rings. The van der Waals surface area contributed by atoms with Gasteiger partial charge in [0.05, 0.1) is 6.04 Å². The van der Waals surface area contributed by atoms with Crippen LogP contribution in [0.2, 0.25) is 0 Å². The highest BCUT2D eigenvalue weighted by Gasteiger charge is 2.29. The fourth-order valence-corrected chi connectivity index (χ4v) is 2.11. The number of rotatable bonds is 6. The Morgan fingerprint density at radius 3 is 2.65 bits per heavy atom. The van der Waals surface area contributed by atoms with Crippen LogP contribution < -0.4 is 10.6 Å². The Morgan fingerprint density at radius 2 is 2.06 bits per heavy atom. The first kappa shape index (κ1) is 19.3. The third-order valence-corrected chi connectivity index (χ3v) is 2.85. The minimum Gasteiger partial charge on any atom is -0.353 e. The minimum absolute atomic E-state index is 0. The number of likely N-dealkylation sites (tertiary alicyclic amines) is 1. The highest BCUT2D eigenvalue weighted by Crippen LogP contribution is 2.17. The van der Waals surface area contributed by atoms with E-state index in [1.807, 2.05) is 7.05 Å². The van der Waals surface area contributed by atoms with Gasteiger partial charge in [-0.3, -0.25) is 9.69 Å². The van der Waals surface area contributed by atoms with E-state index in [0.29, 0.717) is 0 Å². The second kappa shape index (κ2) is 11.1. The molecule has 1 saturated heterocycles. The van der Waals surface area contributed by atoms with E-state index in [1.165, 1.54) is 0 Å². The molecule has 0 radical (unpaired) electrons. The summed E-state index contributed by atoms with van der Waals surface area (Å²) in [6, 6.07) is 0.127. The largest absolute Gasteiger partial charge is 0.353 e. The predicted molar refractivity (Wildman–Crippen MR) is 76.3 cm³/mol. The Balaban J connectivity index is 0. The molecule has 1 aliphatic heterocycles. The normalized spacial score (nSPS) is 19.3. The van der Waals surface area contributed by atoms with E-state index >= 15 is 0 Å². The van der Waals surface area contributed by atoms with Gasteiger partial charge in [-0.15, -0.1) is 24.8 Å². The molecule has 1 rings (SSSR count). The van der Waals surface area contributed by atoms with Crippen LogP contribution in [0.3, 0.4) is 0 Å². The smallest absolute Gasteiger partial charge is 0.237 e. The van der Waals surface area contributed by atoms with Crippen LogP contribution in [0.25, 0.3) is 0 Å². The number of halogens is 2. The molecule has 0 aromatic heterocycles. The first-order chi connectivity index (χ1) is 7.29. The third-order valence-electron chi connectivity index (χ3n) is 2.85. The lowest BCUT2D eigenvalue weighted by atomic mass is 10.2. The Bertz CT molecular complexity index is 205. The molecular formula is C11H25Cl2N3O. The molecule has 0 saturated carbocycles. The van der Waals surface area contributed by atoms with Crippen molar-refractivity contribution in [3.05, 3.63) is 0 Å². The van der Waals surface area contributed by atoms with Crippen molar-refractivity contribution in [2.24, 2.45) is 0 Å². The third kappa shape index (κ3) is 6.46. The van der Waals surface area contributed by atoms with Gasteiger partial charge in [-0.1, -0.05) is 6.92 Å². The molecule has 104 valence electrons. The van der Waals surface area contributed by atoms with Gasteiger partial charge in [-0.05, 0) is 39.4 Å². The Kier molecular flexibility index (Phi) is 12.6. The molecule has 1 amide bonds. The number of carbonyl (C=O) groups excluding carboxylic acids is 1. The van der Waals surface area contributed by atoms with Crippen LogP contribution in [-0.4, -0.2) is 50.1 Å². The van der Waals surface area contributed by atoms with Gasteiger partial charge >= 0.3 is 0 Å². The number of amides is 1. The van der Waals surface area contributed by atoms with Gasteiger partial charge in [0.25, 0.3) is 0 Å². The van der Waals surface area contributed by atoms with Crippen LogP contribution in [0.4, 0.5) is 0 Å². The van der Waals surface area contributed by atoms with E-state index in [2.05, 4.69) is 22.5 Å². The van der Waals surface area contributed by atoms with Crippen molar-refractivity contribution in [3.8, 4) is 0 Å². The molecule has 4 nitrogen and oxygen atoms in total. The lowest BCUT2D eigenvalue weighted by molar-refractivity contribution is -0.125. The highest BCUT2D eigenvalue weighted by molar-refractivity contribution is 5.85. The molecule has 0 spiro atoms. The van der Waals surface area contributed by atoms with Gasteiger partial charge in [0.2, 0.25) is 5.91 Å². The van der Waals surface area contributed by atoms with Crippen molar-refractivity contribution in [3.63, 3.8) is 0 Å². The molecule has 0 aliphatic carbocycles. The van der Waals surface area contributed by atoms with E-state index in [4.69, 9.17) is 0 Å². The molecule has 17 heavy (non-hydrogen) atoms. The molecule has 1 unspecified atom stereocenters. The zero-order chi connectivity index (χ0) is 11.1. The summed E-state index contributed by atoms with van der Waals surface area (Å²) in [6.07, 6.45) is 3.30. The SMILES string of the molecule is CCCN1CCCC1C(=O)NCCNC.Cl.Cl. The van der Waals surface area contributed by atoms with Crippen LogP contribution in [0.5, 0.6) is 0 Å². The van der Waals surface area contributed by atoms with Crippen LogP contribution in [0.15, 0.2) is 0 Å². The number of hydrogen-bond donors (Lipinski definition) is 2. The Hall–Kier alpha value is -0.0300. The second-order valence-corrected chi connectivity index (χ2v) is 4.09. The Morgan fingerprint density at radius 1 is 1.35 bits per heavy atom. The Labute approximate surface area is 117 Å². The second-order valence-electron chi connectivity index (χ2n) is 4.09. The first-order valence-corrected chi connectivity index (χ1v) is 5.96. The summed E-state index contributed by atoms with van der Waals surface area (Å²) in [5.74, 6) is 0.205. The molecule has 6 heteroatoms. The van der Waals surface area contributed by atoms with Crippen molar-refractivity contribution in [2.45, 2.75) is 32.2 Å². The van der Waals surface area contributed by atoms with Gasteiger partial charge in [0.15, 0.2) is 0 Å². The fourth-order valence-electron chi connectivity index (χ4n) is 2.11. The summed E-state index contributed by atoms with van der Waals surface area (Å²) in [5.41, 5.74) is 0. The summed E-state index contributed by atoms with van der Waals surface area (Å²) in [6.45, 7) is 5.86. The molecule has 1 aliphatic rings. The molecular weight excluding hydrogens is 261 g/mol. The molecule has 1 atom stereocenters. The summed E-state index contributed by atoms with van der Waals surface area (Å²) in [7, 11) is 1.89. The van der Waals surface area contributed by atoms with Crippen LogP contribution >= 0.6 is 24.8 Å². The maximum Gasteiger partial charge on any atom is 0.237 e. The molecule has 2 N–H and O–H groups in total. The average molecular weight is 286 g/mol. The number of carbonyl (C=O) groups is 1. The monoisotopic (exact) mass is 285 g/mol. The van der Waals surface area contributed by atoms with E-state index < -0.39 is 0 Å². The maximum atomic E-state index is 11.8. The first-order valence-electron chi connectivity index (χ1n) is 5.96. The highest BCUT2D eigenvalue weighted by atomic mass is 35.5. The fraction of sp³-hybridized carbons (Fsp3) is 0.909. The van der Waals surface area contributed by atoms with Gasteiger partial charge in [-0.25, -0.2) is 0 Å². The number of nitrogens with zero attached hydrogens (tertiary/aromatic N) is 1. The summed E-state index contributed by atoms with van der Waals surface area (Å²) < 4.78 is 0. The number of nitrogens with one attached hydrogen (secondary N) is 2. The standard InChI is InChI=1S/C11H23N3O.2ClH/c1-3-8-14-9-4-5-10(14)11(15)13-7-6-12-2;;/h10,12H,3-9H2,1-2H3,(H,13,15);2*1H. The zero-order valence-corrected chi connectivity index (χ0v) is 12.3. The minimum atomic E-state index is 0. The van der Waals surface area contributed by atoms with Crippen molar-refractivity contribution < 1.29 is 4.79 Å². The van der Waals surface area contributed by atoms with Crippen molar-refractivity contribution >= 4 is 30.7 Å². The van der Waals surface area contributed by atoms with E-state index in [-0.39, 0.29) is 36.8 Å². The topological polar surface area (TPSA) is 44.4 Å². The molecule has 0 aromatic rings. The number of hydrogen-bond acceptors (Lipinski definition) is 3. The molecule has 1 heterocycles. The molecule has 0 bridgehead atoms. The van der Waals surface area contributed by atoms with E-state index in [0.717, 1.165) is 45.4 Å². The zero-order valence-electron chi connectivity index (χ0n) is 10.7. The summed E-state index contributed by atoms with van der Waals surface area (Å²) >= 11 is 0. The summed E-state index contributed by atoms with van der Waals surface area (Å²) in [5, 5.41) is 5.99. The van der Waals surface area contributed by atoms with Crippen molar-refractivity contribution in [1.29, 1.82) is 0 Å². The lowest BCUT2D eigenvalue weighted by Crippen LogP contribution is -2.44. The maximum absolute atomic E-state index is 11.8. The van der Waals surface area contributed by atoms with Crippen LogP contribution in [0.1, 0.15) is 26.2 Å².